The highest BCUT2D eigenvalue weighted by Crippen LogP contribution is 2.29. The van der Waals surface area contributed by atoms with Crippen LogP contribution in [0.4, 0.5) is 0 Å². The molecule has 1 aromatic carbocycles. The number of carbonyl (C=O) groups is 1. The van der Waals surface area contributed by atoms with Crippen LogP contribution in [0.3, 0.4) is 0 Å². The molecule has 1 amide bonds. The van der Waals surface area contributed by atoms with Gasteiger partial charge >= 0.3 is 0 Å². The van der Waals surface area contributed by atoms with E-state index in [-0.39, 0.29) is 18.3 Å². The molecule has 0 radical (unpaired) electrons. The third kappa shape index (κ3) is 3.95. The van der Waals surface area contributed by atoms with Crippen LogP contribution >= 0.6 is 40.1 Å². The van der Waals surface area contributed by atoms with Gasteiger partial charge in [0, 0.05) is 35.5 Å². The Morgan fingerprint density at radius 2 is 2.05 bits per heavy atom. The van der Waals surface area contributed by atoms with Crippen LogP contribution in [0.2, 0.25) is 0 Å². The Kier molecular flexibility index (Phi) is 6.00. The number of hydrogen-bond donors (Lipinski definition) is 1. The van der Waals surface area contributed by atoms with Crippen molar-refractivity contribution in [3.63, 3.8) is 0 Å². The van der Waals surface area contributed by atoms with E-state index in [1.165, 1.54) is 10.5 Å². The summed E-state index contributed by atoms with van der Waals surface area (Å²) in [6.45, 7) is 6.12. The average molecular weight is 392 g/mol. The van der Waals surface area contributed by atoms with Crippen molar-refractivity contribution in [3.8, 4) is 0 Å². The van der Waals surface area contributed by atoms with Gasteiger partial charge in [-0.05, 0) is 42.5 Å². The van der Waals surface area contributed by atoms with Crippen molar-refractivity contribution in [1.29, 1.82) is 0 Å². The monoisotopic (exact) mass is 390 g/mol. The van der Waals surface area contributed by atoms with Gasteiger partial charge < -0.3 is 10.2 Å². The summed E-state index contributed by atoms with van der Waals surface area (Å²) in [5.74, 6) is 2.19. The maximum absolute atomic E-state index is 12.3. The first kappa shape index (κ1) is 17.1. The summed E-state index contributed by atoms with van der Waals surface area (Å²) in [6, 6.07) is 6.21. The lowest BCUT2D eigenvalue weighted by Crippen LogP contribution is -2.33. The zero-order chi connectivity index (χ0) is 14.1. The van der Waals surface area contributed by atoms with Crippen LogP contribution in [0.1, 0.15) is 5.56 Å². The van der Waals surface area contributed by atoms with Crippen LogP contribution in [-0.4, -0.2) is 42.7 Å². The molecular formula is C15H20BrClN2OS. The van der Waals surface area contributed by atoms with Crippen LogP contribution in [0.5, 0.6) is 0 Å². The first-order valence-electron chi connectivity index (χ1n) is 7.01. The number of carbonyl (C=O) groups excluding carboxylic acids is 1. The molecule has 2 atom stereocenters. The number of nitrogens with zero attached hydrogens (tertiary/aromatic N) is 1. The highest BCUT2D eigenvalue weighted by molar-refractivity contribution is 9.10. The number of fused-ring (bicyclic) bond motifs is 1. The fourth-order valence-electron chi connectivity index (χ4n) is 3.06. The Balaban J connectivity index is 0.00000161. The maximum Gasteiger partial charge on any atom is 0.232 e. The van der Waals surface area contributed by atoms with Gasteiger partial charge in [0.05, 0.1) is 5.75 Å². The van der Waals surface area contributed by atoms with Gasteiger partial charge in [-0.3, -0.25) is 4.79 Å². The molecule has 0 bridgehead atoms. The lowest BCUT2D eigenvalue weighted by molar-refractivity contribution is -0.127. The topological polar surface area (TPSA) is 32.3 Å². The van der Waals surface area contributed by atoms with Crippen molar-refractivity contribution in [2.75, 3.05) is 31.9 Å². The summed E-state index contributed by atoms with van der Waals surface area (Å²) in [4.78, 5) is 15.6. The Bertz CT molecular complexity index is 516. The Morgan fingerprint density at radius 1 is 1.38 bits per heavy atom. The van der Waals surface area contributed by atoms with Crippen molar-refractivity contribution in [1.82, 2.24) is 10.2 Å². The molecule has 2 saturated heterocycles. The number of thioether (sulfide) groups is 1. The SMILES string of the molecule is Cc1cc(Br)ccc1SCC(=O)N1C[C@H]2CNC[C@H]2C1.Cl. The molecule has 0 spiro atoms. The molecule has 6 heteroatoms. The number of aryl methyl sites for hydroxylation is 1. The second kappa shape index (κ2) is 7.36. The van der Waals surface area contributed by atoms with Crippen molar-refractivity contribution in [2.45, 2.75) is 11.8 Å². The number of amides is 1. The lowest BCUT2D eigenvalue weighted by Gasteiger charge is -2.17. The predicted molar refractivity (Wildman–Crippen MR) is 93.3 cm³/mol. The van der Waals surface area contributed by atoms with E-state index in [4.69, 9.17) is 0 Å². The fourth-order valence-corrected chi connectivity index (χ4v) is 4.45. The van der Waals surface area contributed by atoms with Gasteiger partial charge in [-0.15, -0.1) is 24.2 Å². The first-order valence-corrected chi connectivity index (χ1v) is 8.79. The molecule has 0 aliphatic carbocycles. The standard InChI is InChI=1S/C15H19BrN2OS.ClH/c1-10-4-13(16)2-3-14(10)20-9-15(19)18-7-11-5-17-6-12(11)8-18;/h2-4,11-12,17H,5-9H2,1H3;1H/t11-,12+;. The van der Waals surface area contributed by atoms with Crippen LogP contribution in [-0.2, 0) is 4.79 Å². The highest BCUT2D eigenvalue weighted by atomic mass is 79.9. The predicted octanol–water partition coefficient (Wildman–Crippen LogP) is 2.95. The number of benzene rings is 1. The molecule has 116 valence electrons. The summed E-state index contributed by atoms with van der Waals surface area (Å²) in [5, 5.41) is 3.41. The molecular weight excluding hydrogens is 372 g/mol. The zero-order valence-electron chi connectivity index (χ0n) is 12.0. The van der Waals surface area contributed by atoms with Gasteiger partial charge in [0.15, 0.2) is 0 Å². The molecule has 1 N–H and O–H groups in total. The number of halogens is 2. The number of likely N-dealkylation sites (tertiary alicyclic amines) is 1. The average Bonchev–Trinajstić information content (AvgIpc) is 2.98. The van der Waals surface area contributed by atoms with E-state index < -0.39 is 0 Å². The van der Waals surface area contributed by atoms with Gasteiger partial charge in [-0.2, -0.15) is 0 Å². The normalized spacial score (nSPS) is 23.8. The largest absolute Gasteiger partial charge is 0.341 e. The van der Waals surface area contributed by atoms with Crippen LogP contribution < -0.4 is 5.32 Å². The Hall–Kier alpha value is -0.230. The summed E-state index contributed by atoms with van der Waals surface area (Å²) in [7, 11) is 0. The van der Waals surface area contributed by atoms with E-state index in [1.54, 1.807) is 11.8 Å². The van der Waals surface area contributed by atoms with Crippen LogP contribution in [0.15, 0.2) is 27.6 Å². The van der Waals surface area contributed by atoms with E-state index in [2.05, 4.69) is 45.2 Å². The minimum absolute atomic E-state index is 0. The van der Waals surface area contributed by atoms with Crippen molar-refractivity contribution >= 4 is 46.0 Å². The van der Waals surface area contributed by atoms with E-state index in [9.17, 15) is 4.79 Å². The van der Waals surface area contributed by atoms with Gasteiger partial charge in [-0.25, -0.2) is 0 Å². The summed E-state index contributed by atoms with van der Waals surface area (Å²) in [6.07, 6.45) is 0. The molecule has 1 aromatic rings. The summed E-state index contributed by atoms with van der Waals surface area (Å²) in [5.41, 5.74) is 1.22. The fraction of sp³-hybridized carbons (Fsp3) is 0.533. The lowest BCUT2D eigenvalue weighted by atomic mass is 10.0. The molecule has 2 fully saturated rings. The van der Waals surface area contributed by atoms with Crippen molar-refractivity contribution in [3.05, 3.63) is 28.2 Å². The quantitative estimate of drug-likeness (QED) is 0.804. The number of rotatable bonds is 3. The minimum Gasteiger partial charge on any atom is -0.341 e. The summed E-state index contributed by atoms with van der Waals surface area (Å²) < 4.78 is 1.09. The second-order valence-corrected chi connectivity index (χ2v) is 7.61. The molecule has 2 heterocycles. The third-order valence-electron chi connectivity index (χ3n) is 4.23. The maximum atomic E-state index is 12.3. The molecule has 0 unspecified atom stereocenters. The second-order valence-electron chi connectivity index (χ2n) is 5.68. The molecule has 21 heavy (non-hydrogen) atoms. The van der Waals surface area contributed by atoms with E-state index in [0.29, 0.717) is 17.6 Å². The summed E-state index contributed by atoms with van der Waals surface area (Å²) >= 11 is 5.12. The van der Waals surface area contributed by atoms with Gasteiger partial charge in [-0.1, -0.05) is 15.9 Å². The minimum atomic E-state index is 0. The molecule has 2 aliphatic rings. The van der Waals surface area contributed by atoms with E-state index >= 15 is 0 Å². The van der Waals surface area contributed by atoms with E-state index in [1.807, 2.05) is 6.07 Å². The van der Waals surface area contributed by atoms with Gasteiger partial charge in [0.25, 0.3) is 0 Å². The van der Waals surface area contributed by atoms with E-state index in [0.717, 1.165) is 30.7 Å². The first-order chi connectivity index (χ1) is 9.63. The highest BCUT2D eigenvalue weighted by Gasteiger charge is 2.37. The van der Waals surface area contributed by atoms with Crippen LogP contribution in [0.25, 0.3) is 0 Å². The molecule has 0 saturated carbocycles. The van der Waals surface area contributed by atoms with Crippen LogP contribution in [0, 0.1) is 18.8 Å². The van der Waals surface area contributed by atoms with Gasteiger partial charge in [0.1, 0.15) is 0 Å². The Morgan fingerprint density at radius 3 is 2.67 bits per heavy atom. The van der Waals surface area contributed by atoms with Crippen molar-refractivity contribution in [2.24, 2.45) is 11.8 Å². The van der Waals surface area contributed by atoms with Gasteiger partial charge in [0.2, 0.25) is 5.91 Å². The smallest absolute Gasteiger partial charge is 0.232 e. The van der Waals surface area contributed by atoms with Crippen molar-refractivity contribution < 1.29 is 4.79 Å². The zero-order valence-corrected chi connectivity index (χ0v) is 15.2. The molecule has 2 aliphatic heterocycles. The third-order valence-corrected chi connectivity index (χ3v) is 5.88. The molecule has 3 rings (SSSR count). The Labute approximate surface area is 144 Å². The number of hydrogen-bond acceptors (Lipinski definition) is 3. The molecule has 3 nitrogen and oxygen atoms in total. The number of nitrogens with one attached hydrogen (secondary N) is 1. The molecule has 0 aromatic heterocycles.